The van der Waals surface area contributed by atoms with E-state index in [1.165, 1.54) is 5.56 Å². The summed E-state index contributed by atoms with van der Waals surface area (Å²) in [5.41, 5.74) is 1.17. The van der Waals surface area contributed by atoms with E-state index in [0.29, 0.717) is 6.54 Å². The molecular weight excluding hydrogens is 320 g/mol. The van der Waals surface area contributed by atoms with Crippen LogP contribution in [0.15, 0.2) is 28.7 Å². The molecule has 0 saturated carbocycles. The van der Waals surface area contributed by atoms with Crippen molar-refractivity contribution in [3.05, 3.63) is 34.3 Å². The molecule has 1 aromatic carbocycles. The Morgan fingerprint density at radius 2 is 2.00 bits per heavy atom. The molecule has 110 valence electrons. The number of nitrogens with one attached hydrogen (secondary N) is 2. The summed E-state index contributed by atoms with van der Waals surface area (Å²) in [6.07, 6.45) is 1.82. The number of amides is 1. The minimum absolute atomic E-state index is 0.0564. The van der Waals surface area contributed by atoms with E-state index in [4.69, 9.17) is 4.74 Å². The highest BCUT2D eigenvalue weighted by atomic mass is 79.9. The molecule has 1 atom stereocenters. The Morgan fingerprint density at radius 3 is 2.65 bits per heavy atom. The van der Waals surface area contributed by atoms with Crippen LogP contribution < -0.4 is 10.6 Å². The van der Waals surface area contributed by atoms with E-state index in [9.17, 15) is 4.79 Å². The molecule has 0 aliphatic carbocycles. The molecule has 1 amide bonds. The quantitative estimate of drug-likeness (QED) is 0.865. The summed E-state index contributed by atoms with van der Waals surface area (Å²) < 4.78 is 6.34. The monoisotopic (exact) mass is 340 g/mol. The van der Waals surface area contributed by atoms with Crippen LogP contribution in [0.1, 0.15) is 31.4 Å². The molecule has 0 bridgehead atoms. The number of halogens is 1. The van der Waals surface area contributed by atoms with Crippen LogP contribution in [-0.2, 0) is 9.53 Å². The summed E-state index contributed by atoms with van der Waals surface area (Å²) in [6, 6.07) is 8.55. The first-order chi connectivity index (χ1) is 9.65. The second kappa shape index (κ2) is 7.76. The first kappa shape index (κ1) is 15.5. The van der Waals surface area contributed by atoms with Gasteiger partial charge in [-0.05, 0) is 37.5 Å². The SMILES string of the molecule is CC(NCC(=O)NC1CCOCC1)c1ccc(Br)cc1. The van der Waals surface area contributed by atoms with Gasteiger partial charge in [0.1, 0.15) is 0 Å². The lowest BCUT2D eigenvalue weighted by atomic mass is 10.1. The van der Waals surface area contributed by atoms with Crippen molar-refractivity contribution in [2.24, 2.45) is 0 Å². The van der Waals surface area contributed by atoms with Gasteiger partial charge in [-0.25, -0.2) is 0 Å². The highest BCUT2D eigenvalue weighted by Gasteiger charge is 2.16. The summed E-state index contributed by atoms with van der Waals surface area (Å²) in [4.78, 5) is 11.9. The van der Waals surface area contributed by atoms with Crippen LogP contribution in [0.4, 0.5) is 0 Å². The first-order valence-corrected chi connectivity index (χ1v) is 7.80. The van der Waals surface area contributed by atoms with E-state index in [1.54, 1.807) is 0 Å². The molecule has 2 N–H and O–H groups in total. The zero-order valence-electron chi connectivity index (χ0n) is 11.7. The predicted molar refractivity (Wildman–Crippen MR) is 82.5 cm³/mol. The van der Waals surface area contributed by atoms with E-state index in [1.807, 2.05) is 12.1 Å². The number of carbonyl (C=O) groups is 1. The summed E-state index contributed by atoms with van der Waals surface area (Å²) in [5.74, 6) is 0.0564. The van der Waals surface area contributed by atoms with Gasteiger partial charge in [0.25, 0.3) is 0 Å². The number of hydrogen-bond acceptors (Lipinski definition) is 3. The highest BCUT2D eigenvalue weighted by Crippen LogP contribution is 2.16. The van der Waals surface area contributed by atoms with Crippen LogP contribution in [-0.4, -0.2) is 31.7 Å². The van der Waals surface area contributed by atoms with Gasteiger partial charge in [0.2, 0.25) is 5.91 Å². The van der Waals surface area contributed by atoms with Crippen molar-refractivity contribution in [2.45, 2.75) is 31.8 Å². The smallest absolute Gasteiger partial charge is 0.234 e. The van der Waals surface area contributed by atoms with E-state index in [-0.39, 0.29) is 18.0 Å². The average Bonchev–Trinajstić information content (AvgIpc) is 2.46. The van der Waals surface area contributed by atoms with E-state index >= 15 is 0 Å². The summed E-state index contributed by atoms with van der Waals surface area (Å²) in [7, 11) is 0. The lowest BCUT2D eigenvalue weighted by Crippen LogP contribution is -2.43. The van der Waals surface area contributed by atoms with Gasteiger partial charge in [-0.15, -0.1) is 0 Å². The van der Waals surface area contributed by atoms with Gasteiger partial charge in [-0.1, -0.05) is 28.1 Å². The Labute approximate surface area is 128 Å². The lowest BCUT2D eigenvalue weighted by Gasteiger charge is -2.23. The molecular formula is C15H21BrN2O2. The summed E-state index contributed by atoms with van der Waals surface area (Å²) >= 11 is 3.42. The predicted octanol–water partition coefficient (Wildman–Crippen LogP) is 2.39. The van der Waals surface area contributed by atoms with Gasteiger partial charge in [-0.2, -0.15) is 0 Å². The standard InChI is InChI=1S/C15H21BrN2O2/c1-11(12-2-4-13(16)5-3-12)17-10-15(19)18-14-6-8-20-9-7-14/h2-5,11,14,17H,6-10H2,1H3,(H,18,19). The topological polar surface area (TPSA) is 50.4 Å². The van der Waals surface area contributed by atoms with Crippen LogP contribution in [0.5, 0.6) is 0 Å². The number of hydrogen-bond donors (Lipinski definition) is 2. The first-order valence-electron chi connectivity index (χ1n) is 7.01. The van der Waals surface area contributed by atoms with Crippen LogP contribution in [0.2, 0.25) is 0 Å². The molecule has 1 aliphatic rings. The maximum atomic E-state index is 11.9. The third kappa shape index (κ3) is 4.89. The molecule has 1 heterocycles. The van der Waals surface area contributed by atoms with Crippen LogP contribution in [0.3, 0.4) is 0 Å². The number of benzene rings is 1. The Balaban J connectivity index is 1.73. The Bertz CT molecular complexity index is 430. The van der Waals surface area contributed by atoms with Crippen molar-refractivity contribution in [3.63, 3.8) is 0 Å². The number of rotatable bonds is 5. The molecule has 4 nitrogen and oxygen atoms in total. The summed E-state index contributed by atoms with van der Waals surface area (Å²) in [6.45, 7) is 3.89. The molecule has 1 aliphatic heterocycles. The fraction of sp³-hybridized carbons (Fsp3) is 0.533. The minimum Gasteiger partial charge on any atom is -0.381 e. The van der Waals surface area contributed by atoms with Crippen molar-refractivity contribution in [1.82, 2.24) is 10.6 Å². The van der Waals surface area contributed by atoms with Gasteiger partial charge in [0.15, 0.2) is 0 Å². The second-order valence-electron chi connectivity index (χ2n) is 5.11. The zero-order chi connectivity index (χ0) is 14.4. The third-order valence-corrected chi connectivity index (χ3v) is 4.05. The highest BCUT2D eigenvalue weighted by molar-refractivity contribution is 9.10. The minimum atomic E-state index is 0.0564. The molecule has 1 aromatic rings. The Morgan fingerprint density at radius 1 is 1.35 bits per heavy atom. The Kier molecular flexibility index (Phi) is 6.01. The van der Waals surface area contributed by atoms with Gasteiger partial charge < -0.3 is 15.4 Å². The molecule has 1 saturated heterocycles. The van der Waals surface area contributed by atoms with Crippen molar-refractivity contribution in [2.75, 3.05) is 19.8 Å². The van der Waals surface area contributed by atoms with Gasteiger partial charge >= 0.3 is 0 Å². The van der Waals surface area contributed by atoms with E-state index in [2.05, 4.69) is 45.6 Å². The maximum Gasteiger partial charge on any atom is 0.234 e. The van der Waals surface area contributed by atoms with Crippen LogP contribution in [0.25, 0.3) is 0 Å². The van der Waals surface area contributed by atoms with Crippen molar-refractivity contribution >= 4 is 21.8 Å². The molecule has 0 aromatic heterocycles. The maximum absolute atomic E-state index is 11.9. The fourth-order valence-electron chi connectivity index (χ4n) is 2.24. The molecule has 2 rings (SSSR count). The van der Waals surface area contributed by atoms with Gasteiger partial charge in [-0.3, -0.25) is 4.79 Å². The van der Waals surface area contributed by atoms with E-state index in [0.717, 1.165) is 30.5 Å². The lowest BCUT2D eigenvalue weighted by molar-refractivity contribution is -0.121. The molecule has 5 heteroatoms. The number of ether oxygens (including phenoxy) is 1. The molecule has 0 spiro atoms. The average molecular weight is 341 g/mol. The van der Waals surface area contributed by atoms with Crippen LogP contribution >= 0.6 is 15.9 Å². The molecule has 20 heavy (non-hydrogen) atoms. The van der Waals surface area contributed by atoms with E-state index < -0.39 is 0 Å². The van der Waals surface area contributed by atoms with Gasteiger partial charge in [0.05, 0.1) is 6.54 Å². The fourth-order valence-corrected chi connectivity index (χ4v) is 2.50. The second-order valence-corrected chi connectivity index (χ2v) is 6.02. The molecule has 1 unspecified atom stereocenters. The largest absolute Gasteiger partial charge is 0.381 e. The normalized spacial score (nSPS) is 17.7. The van der Waals surface area contributed by atoms with Crippen LogP contribution in [0, 0.1) is 0 Å². The third-order valence-electron chi connectivity index (χ3n) is 3.53. The van der Waals surface area contributed by atoms with Crippen molar-refractivity contribution in [3.8, 4) is 0 Å². The zero-order valence-corrected chi connectivity index (χ0v) is 13.3. The number of carbonyl (C=O) groups excluding carboxylic acids is 1. The van der Waals surface area contributed by atoms with Crippen molar-refractivity contribution in [1.29, 1.82) is 0 Å². The summed E-state index contributed by atoms with van der Waals surface area (Å²) in [5, 5.41) is 6.29. The Hall–Kier alpha value is -0.910. The van der Waals surface area contributed by atoms with Crippen molar-refractivity contribution < 1.29 is 9.53 Å². The molecule has 1 fully saturated rings. The molecule has 0 radical (unpaired) electrons. The van der Waals surface area contributed by atoms with Gasteiger partial charge in [0, 0.05) is 29.8 Å².